The van der Waals surface area contributed by atoms with Gasteiger partial charge in [0.25, 0.3) is 0 Å². The molecular formula is C26H27NO3. The fourth-order valence-electron chi connectivity index (χ4n) is 4.40. The molecule has 4 rings (SSSR count). The van der Waals surface area contributed by atoms with Crippen LogP contribution in [0.25, 0.3) is 11.1 Å². The smallest absolute Gasteiger partial charge is 0.320 e. The van der Waals surface area contributed by atoms with Crippen molar-refractivity contribution in [2.75, 3.05) is 13.7 Å². The van der Waals surface area contributed by atoms with Crippen LogP contribution in [-0.2, 0) is 4.79 Å². The predicted molar refractivity (Wildman–Crippen MR) is 119 cm³/mol. The predicted octanol–water partition coefficient (Wildman–Crippen LogP) is 5.39. The highest BCUT2D eigenvalue weighted by Gasteiger charge is 2.35. The monoisotopic (exact) mass is 401 g/mol. The largest absolute Gasteiger partial charge is 0.497 e. The number of carboxylic acid groups (broad SMARTS) is 1. The van der Waals surface area contributed by atoms with E-state index >= 15 is 0 Å². The van der Waals surface area contributed by atoms with E-state index in [4.69, 9.17) is 4.74 Å². The van der Waals surface area contributed by atoms with Crippen molar-refractivity contribution in [2.45, 2.75) is 31.3 Å². The first-order valence-electron chi connectivity index (χ1n) is 10.5. The number of hydrogen-bond acceptors (Lipinski definition) is 3. The van der Waals surface area contributed by atoms with Crippen LogP contribution in [-0.4, -0.2) is 35.7 Å². The number of rotatable bonds is 6. The van der Waals surface area contributed by atoms with E-state index in [1.54, 1.807) is 7.11 Å². The molecule has 0 aliphatic carbocycles. The van der Waals surface area contributed by atoms with Crippen LogP contribution in [0.3, 0.4) is 0 Å². The van der Waals surface area contributed by atoms with E-state index in [2.05, 4.69) is 47.4 Å². The number of piperidine rings is 1. The van der Waals surface area contributed by atoms with Gasteiger partial charge in [0.15, 0.2) is 0 Å². The van der Waals surface area contributed by atoms with Crippen LogP contribution in [0.5, 0.6) is 5.75 Å². The summed E-state index contributed by atoms with van der Waals surface area (Å²) in [4.78, 5) is 14.2. The van der Waals surface area contributed by atoms with Gasteiger partial charge in [-0.15, -0.1) is 0 Å². The quantitative estimate of drug-likeness (QED) is 0.602. The maximum Gasteiger partial charge on any atom is 0.320 e. The summed E-state index contributed by atoms with van der Waals surface area (Å²) >= 11 is 0. The minimum atomic E-state index is -0.747. The summed E-state index contributed by atoms with van der Waals surface area (Å²) in [7, 11) is 1.66. The highest BCUT2D eigenvalue weighted by molar-refractivity contribution is 5.74. The van der Waals surface area contributed by atoms with E-state index < -0.39 is 12.0 Å². The van der Waals surface area contributed by atoms with Gasteiger partial charge in [-0.05, 0) is 53.8 Å². The highest BCUT2D eigenvalue weighted by Crippen LogP contribution is 2.36. The van der Waals surface area contributed by atoms with E-state index in [-0.39, 0.29) is 6.04 Å². The molecule has 0 spiro atoms. The second-order valence-electron chi connectivity index (χ2n) is 7.75. The standard InChI is InChI=1S/C26H27NO3/c1-30-23-11-7-10-22(18-23)25(27-17-6-5-12-24(27)26(28)29)21-15-13-20(14-16-21)19-8-3-2-4-9-19/h2-4,7-11,13-16,18,24-25H,5-6,12,17H2,1H3,(H,28,29). The lowest BCUT2D eigenvalue weighted by molar-refractivity contribution is -0.145. The van der Waals surface area contributed by atoms with E-state index in [0.717, 1.165) is 41.8 Å². The Labute approximate surface area is 177 Å². The molecule has 4 nitrogen and oxygen atoms in total. The Morgan fingerprint density at radius 2 is 1.67 bits per heavy atom. The van der Waals surface area contributed by atoms with Gasteiger partial charge in [0, 0.05) is 0 Å². The van der Waals surface area contributed by atoms with Crippen LogP contribution in [0, 0.1) is 0 Å². The Hall–Kier alpha value is -3.11. The van der Waals surface area contributed by atoms with Crippen LogP contribution >= 0.6 is 0 Å². The molecule has 0 amide bonds. The molecule has 1 aliphatic rings. The van der Waals surface area contributed by atoms with Gasteiger partial charge >= 0.3 is 5.97 Å². The minimum absolute atomic E-state index is 0.133. The van der Waals surface area contributed by atoms with Crippen LogP contribution in [0.2, 0.25) is 0 Å². The lowest BCUT2D eigenvalue weighted by Crippen LogP contribution is -2.46. The third-order valence-electron chi connectivity index (χ3n) is 5.90. The zero-order chi connectivity index (χ0) is 20.9. The second-order valence-corrected chi connectivity index (χ2v) is 7.75. The maximum absolute atomic E-state index is 12.0. The molecule has 0 saturated carbocycles. The fourth-order valence-corrected chi connectivity index (χ4v) is 4.40. The van der Waals surface area contributed by atoms with Crippen molar-refractivity contribution in [1.82, 2.24) is 4.90 Å². The van der Waals surface area contributed by atoms with Crippen molar-refractivity contribution in [3.63, 3.8) is 0 Å². The molecule has 1 saturated heterocycles. The number of nitrogens with zero attached hydrogens (tertiary/aromatic N) is 1. The Balaban J connectivity index is 1.75. The van der Waals surface area contributed by atoms with Crippen molar-refractivity contribution in [1.29, 1.82) is 0 Å². The SMILES string of the molecule is COc1cccc(C(c2ccc(-c3ccccc3)cc2)N2CCCCC2C(=O)O)c1. The lowest BCUT2D eigenvalue weighted by Gasteiger charge is -2.39. The minimum Gasteiger partial charge on any atom is -0.497 e. The van der Waals surface area contributed by atoms with Gasteiger partial charge in [0.2, 0.25) is 0 Å². The Morgan fingerprint density at radius 3 is 2.37 bits per heavy atom. The van der Waals surface area contributed by atoms with E-state index in [1.807, 2.05) is 36.4 Å². The summed E-state index contributed by atoms with van der Waals surface area (Å²) < 4.78 is 5.44. The van der Waals surface area contributed by atoms with Crippen LogP contribution in [0.4, 0.5) is 0 Å². The molecule has 1 aliphatic heterocycles. The average molecular weight is 402 g/mol. The van der Waals surface area contributed by atoms with Crippen LogP contribution in [0.15, 0.2) is 78.9 Å². The Kier molecular flexibility index (Phi) is 6.15. The molecule has 3 aromatic rings. The van der Waals surface area contributed by atoms with Crippen molar-refractivity contribution in [3.05, 3.63) is 90.0 Å². The topological polar surface area (TPSA) is 49.8 Å². The number of methoxy groups -OCH3 is 1. The average Bonchev–Trinajstić information content (AvgIpc) is 2.81. The molecule has 2 atom stereocenters. The number of likely N-dealkylation sites (tertiary alicyclic amines) is 1. The van der Waals surface area contributed by atoms with Gasteiger partial charge in [0.05, 0.1) is 13.2 Å². The number of hydrogen-bond donors (Lipinski definition) is 1. The molecule has 30 heavy (non-hydrogen) atoms. The summed E-state index contributed by atoms with van der Waals surface area (Å²) in [6.45, 7) is 0.763. The first-order valence-corrected chi connectivity index (χ1v) is 10.5. The van der Waals surface area contributed by atoms with Gasteiger partial charge < -0.3 is 9.84 Å². The van der Waals surface area contributed by atoms with Gasteiger partial charge in [-0.3, -0.25) is 9.69 Å². The zero-order valence-electron chi connectivity index (χ0n) is 17.2. The maximum atomic E-state index is 12.0. The first-order chi connectivity index (χ1) is 14.7. The number of carbonyl (C=O) groups is 1. The van der Waals surface area contributed by atoms with Crippen molar-refractivity contribution in [3.8, 4) is 16.9 Å². The zero-order valence-corrected chi connectivity index (χ0v) is 17.2. The fraction of sp³-hybridized carbons (Fsp3) is 0.269. The molecule has 0 aromatic heterocycles. The number of benzene rings is 3. The third-order valence-corrected chi connectivity index (χ3v) is 5.90. The summed E-state index contributed by atoms with van der Waals surface area (Å²) in [5.41, 5.74) is 4.46. The van der Waals surface area contributed by atoms with E-state index in [9.17, 15) is 9.90 Å². The molecular weight excluding hydrogens is 374 g/mol. The number of carboxylic acids is 1. The first kappa shape index (κ1) is 20.2. The molecule has 0 bridgehead atoms. The van der Waals surface area contributed by atoms with E-state index in [1.165, 1.54) is 5.56 Å². The molecule has 154 valence electrons. The van der Waals surface area contributed by atoms with Crippen LogP contribution < -0.4 is 4.74 Å². The molecule has 2 unspecified atom stereocenters. The molecule has 4 heteroatoms. The van der Waals surface area contributed by atoms with Crippen molar-refractivity contribution < 1.29 is 14.6 Å². The molecule has 1 heterocycles. The van der Waals surface area contributed by atoms with Gasteiger partial charge in [-0.25, -0.2) is 0 Å². The summed E-state index contributed by atoms with van der Waals surface area (Å²) in [5.74, 6) is 0.0331. The molecule has 1 fully saturated rings. The van der Waals surface area contributed by atoms with Gasteiger partial charge in [0.1, 0.15) is 11.8 Å². The molecule has 1 N–H and O–H groups in total. The summed E-state index contributed by atoms with van der Waals surface area (Å²) in [6, 6.07) is 26.1. The van der Waals surface area contributed by atoms with Gasteiger partial charge in [-0.2, -0.15) is 0 Å². The normalized spacial score (nSPS) is 18.0. The summed E-state index contributed by atoms with van der Waals surface area (Å²) in [6.07, 6.45) is 2.63. The Morgan fingerprint density at radius 1 is 0.933 bits per heavy atom. The van der Waals surface area contributed by atoms with E-state index in [0.29, 0.717) is 6.42 Å². The molecule has 3 aromatic carbocycles. The highest BCUT2D eigenvalue weighted by atomic mass is 16.5. The number of ether oxygens (including phenoxy) is 1. The van der Waals surface area contributed by atoms with Crippen molar-refractivity contribution >= 4 is 5.97 Å². The van der Waals surface area contributed by atoms with Gasteiger partial charge in [-0.1, -0.05) is 73.2 Å². The number of aliphatic carboxylic acids is 1. The van der Waals surface area contributed by atoms with Crippen molar-refractivity contribution in [2.24, 2.45) is 0 Å². The van der Waals surface area contributed by atoms with Crippen LogP contribution in [0.1, 0.15) is 36.4 Å². The summed E-state index contributed by atoms with van der Waals surface area (Å²) in [5, 5.41) is 9.88. The second kappa shape index (κ2) is 9.14. The third kappa shape index (κ3) is 4.24. The lowest BCUT2D eigenvalue weighted by atomic mass is 9.90. The molecule has 0 radical (unpaired) electrons. The Bertz CT molecular complexity index is 985.